The molecule has 0 aromatic heterocycles. The third kappa shape index (κ3) is 6.36. The van der Waals surface area contributed by atoms with Gasteiger partial charge >= 0.3 is 5.97 Å². The number of hydrogen-bond acceptors (Lipinski definition) is 5. The van der Waals surface area contributed by atoms with Crippen LogP contribution < -0.4 is 5.32 Å². The number of halogens is 1. The van der Waals surface area contributed by atoms with Crippen molar-refractivity contribution in [3.63, 3.8) is 0 Å². The molecule has 5 fully saturated rings. The Morgan fingerprint density at radius 3 is 2.22 bits per heavy atom. The van der Waals surface area contributed by atoms with Crippen LogP contribution in [0.5, 0.6) is 0 Å². The lowest BCUT2D eigenvalue weighted by molar-refractivity contribution is -0.226. The number of sulfone groups is 1. The number of rotatable bonds is 9. The van der Waals surface area contributed by atoms with E-state index in [2.05, 4.69) is 65.6 Å². The molecule has 0 unspecified atom stereocenters. The van der Waals surface area contributed by atoms with Crippen molar-refractivity contribution in [1.82, 2.24) is 10.2 Å². The summed E-state index contributed by atoms with van der Waals surface area (Å²) < 4.78 is 38.1. The number of carboxylic acids is 1. The van der Waals surface area contributed by atoms with Crippen molar-refractivity contribution in [3.05, 3.63) is 35.5 Å². The fraction of sp³-hybridized carbons (Fsp3) is 0.826. The van der Waals surface area contributed by atoms with Gasteiger partial charge in [-0.05, 0) is 165 Å². The molecule has 6 aliphatic carbocycles. The van der Waals surface area contributed by atoms with Crippen LogP contribution in [0, 0.1) is 62.1 Å². The van der Waals surface area contributed by atoms with Gasteiger partial charge in [0.25, 0.3) is 0 Å². The molecule has 7 nitrogen and oxygen atoms in total. The van der Waals surface area contributed by atoms with E-state index < -0.39 is 27.9 Å². The molecule has 308 valence electrons. The SMILES string of the molecule is C=C(C)[C@@H]1CC[C@]2(CNCC(=O)N3CCC(S(C)(=O)=O)CC3)CC[C@]3(C)[C@H](CC[C@@H]4[C@@]5(C)CC=C(C6=CC[C@](CF)(C(=O)O)CC6)C(C)(C)[C@@H]5CC[C@]43C)[C@@H]12. The minimum absolute atomic E-state index is 0.0399. The van der Waals surface area contributed by atoms with Crippen molar-refractivity contribution < 1.29 is 27.5 Å². The first-order valence-electron chi connectivity index (χ1n) is 21.7. The van der Waals surface area contributed by atoms with E-state index in [1.807, 2.05) is 4.90 Å². The van der Waals surface area contributed by atoms with Gasteiger partial charge in [-0.25, -0.2) is 12.8 Å². The monoisotopic (exact) mass is 783 g/mol. The van der Waals surface area contributed by atoms with Crippen LogP contribution in [-0.2, 0) is 19.4 Å². The van der Waals surface area contributed by atoms with Gasteiger partial charge in [-0.2, -0.15) is 0 Å². The van der Waals surface area contributed by atoms with Crippen LogP contribution in [0.25, 0.3) is 0 Å². The van der Waals surface area contributed by atoms with Gasteiger partial charge in [-0.3, -0.25) is 9.59 Å². The maximum Gasteiger partial charge on any atom is 0.312 e. The van der Waals surface area contributed by atoms with Gasteiger partial charge in [0.2, 0.25) is 5.91 Å². The highest BCUT2D eigenvalue weighted by Crippen LogP contribution is 2.77. The van der Waals surface area contributed by atoms with Crippen molar-refractivity contribution in [3.8, 4) is 0 Å². The van der Waals surface area contributed by atoms with Crippen molar-refractivity contribution in [1.29, 1.82) is 0 Å². The molecule has 1 amide bonds. The third-order valence-corrected chi connectivity index (χ3v) is 20.3. The number of nitrogens with one attached hydrogen (secondary N) is 1. The summed E-state index contributed by atoms with van der Waals surface area (Å²) in [5.74, 6) is 1.89. The normalized spacial score (nSPS) is 42.9. The Morgan fingerprint density at radius 2 is 1.62 bits per heavy atom. The summed E-state index contributed by atoms with van der Waals surface area (Å²) in [7, 11) is -3.07. The Kier molecular flexibility index (Phi) is 10.5. The van der Waals surface area contributed by atoms with E-state index in [9.17, 15) is 27.5 Å². The molecule has 1 saturated heterocycles. The number of allylic oxidation sites excluding steroid dienone is 5. The molecule has 0 aromatic carbocycles. The van der Waals surface area contributed by atoms with E-state index in [0.29, 0.717) is 74.9 Å². The molecule has 9 heteroatoms. The van der Waals surface area contributed by atoms with Crippen LogP contribution in [-0.4, -0.2) is 74.7 Å². The highest BCUT2D eigenvalue weighted by molar-refractivity contribution is 7.91. The summed E-state index contributed by atoms with van der Waals surface area (Å²) in [5.41, 5.74) is 3.39. The maximum absolute atomic E-state index is 14.0. The lowest BCUT2D eigenvalue weighted by atomic mass is 9.32. The molecule has 0 aromatic rings. The Hall–Kier alpha value is -2.00. The second kappa shape index (κ2) is 14.1. The molecule has 10 atom stereocenters. The van der Waals surface area contributed by atoms with Crippen LogP contribution in [0.2, 0.25) is 0 Å². The molecule has 0 radical (unpaired) electrons. The van der Waals surface area contributed by atoms with Crippen molar-refractivity contribution in [2.75, 3.05) is 39.1 Å². The topological polar surface area (TPSA) is 104 Å². The smallest absolute Gasteiger partial charge is 0.312 e. The first-order valence-corrected chi connectivity index (χ1v) is 23.7. The average molecular weight is 783 g/mol. The summed E-state index contributed by atoms with van der Waals surface area (Å²) in [5, 5.41) is 13.2. The maximum atomic E-state index is 14.0. The highest BCUT2D eigenvalue weighted by atomic mass is 32.2. The molecular weight excluding hydrogens is 712 g/mol. The molecule has 7 aliphatic rings. The second-order valence-electron chi connectivity index (χ2n) is 21.3. The number of aliphatic carboxylic acids is 1. The number of fused-ring (bicyclic) bond motifs is 7. The summed E-state index contributed by atoms with van der Waals surface area (Å²) in [4.78, 5) is 27.2. The van der Waals surface area contributed by atoms with Crippen molar-refractivity contribution >= 4 is 21.7 Å². The van der Waals surface area contributed by atoms with Crippen LogP contribution in [0.4, 0.5) is 4.39 Å². The van der Waals surface area contributed by atoms with Gasteiger partial charge in [-0.15, -0.1) is 0 Å². The minimum atomic E-state index is -3.07. The van der Waals surface area contributed by atoms with Gasteiger partial charge in [0.05, 0.1) is 17.2 Å². The minimum Gasteiger partial charge on any atom is -0.481 e. The number of likely N-dealkylation sites (tertiary alicyclic amines) is 1. The molecule has 0 bridgehead atoms. The molecule has 1 aliphatic heterocycles. The molecule has 7 rings (SSSR count). The third-order valence-electron chi connectivity index (χ3n) is 18.6. The van der Waals surface area contributed by atoms with E-state index in [4.69, 9.17) is 0 Å². The fourth-order valence-corrected chi connectivity index (χ4v) is 16.4. The number of amides is 1. The number of carbonyl (C=O) groups excluding carboxylic acids is 1. The van der Waals surface area contributed by atoms with Gasteiger partial charge in [0.1, 0.15) is 16.5 Å². The first kappa shape index (κ1) is 41.2. The number of nitrogens with zero attached hydrogens (tertiary/aromatic N) is 1. The quantitative estimate of drug-likeness (QED) is 0.227. The van der Waals surface area contributed by atoms with Gasteiger partial charge in [0, 0.05) is 25.9 Å². The first-order chi connectivity index (χ1) is 25.7. The van der Waals surface area contributed by atoms with E-state index in [-0.39, 0.29) is 44.7 Å². The highest BCUT2D eigenvalue weighted by Gasteiger charge is 2.70. The van der Waals surface area contributed by atoms with E-state index in [1.54, 1.807) is 0 Å². The van der Waals surface area contributed by atoms with Crippen LogP contribution in [0.15, 0.2) is 35.5 Å². The summed E-state index contributed by atoms with van der Waals surface area (Å²) in [6.45, 7) is 21.0. The van der Waals surface area contributed by atoms with Crippen molar-refractivity contribution in [2.45, 2.75) is 137 Å². The Labute approximate surface area is 331 Å². The molecular formula is C46H71FN2O5S. The van der Waals surface area contributed by atoms with Crippen LogP contribution in [0.3, 0.4) is 0 Å². The van der Waals surface area contributed by atoms with Crippen LogP contribution >= 0.6 is 0 Å². The van der Waals surface area contributed by atoms with E-state index >= 15 is 0 Å². The summed E-state index contributed by atoms with van der Waals surface area (Å²) in [6.07, 6.45) is 18.9. The number of alkyl halides is 1. The Balaban J connectivity index is 1.09. The Bertz CT molecular complexity index is 1750. The predicted octanol–water partition coefficient (Wildman–Crippen LogP) is 8.96. The van der Waals surface area contributed by atoms with E-state index in [0.717, 1.165) is 13.0 Å². The number of piperidine rings is 1. The lowest BCUT2D eigenvalue weighted by Crippen LogP contribution is -2.66. The Morgan fingerprint density at radius 1 is 0.909 bits per heavy atom. The average Bonchev–Trinajstić information content (AvgIpc) is 3.51. The second-order valence-corrected chi connectivity index (χ2v) is 23.6. The summed E-state index contributed by atoms with van der Waals surface area (Å²) in [6, 6.07) is 0. The standard InChI is InChI=1S/C46H71FN2O5S/c1-30(2)33-13-22-46(29-48-27-38(50)49-25-16-32(17-26-49)55(8,53)54)24-23-43(6)35(39(33)46)9-10-37-42(5)18-14-34(41(3,4)36(42)15-19-44(37,43)7)31-11-20-45(28-47,21-12-31)40(51)52/h11,14,32-33,35-37,39,48H,1,9-10,12-13,15-29H2,2-8H3,(H,51,52)/t33-,35+,36-,37+,39+,42-,43+,44+,45-,46+/m0/s1. The summed E-state index contributed by atoms with van der Waals surface area (Å²) >= 11 is 0. The van der Waals surface area contributed by atoms with Gasteiger partial charge in [-0.1, -0.05) is 58.9 Å². The van der Waals surface area contributed by atoms with Gasteiger partial charge < -0.3 is 15.3 Å². The van der Waals surface area contributed by atoms with Crippen LogP contribution in [0.1, 0.15) is 131 Å². The zero-order valence-corrected chi connectivity index (χ0v) is 35.9. The van der Waals surface area contributed by atoms with Crippen molar-refractivity contribution in [2.24, 2.45) is 62.1 Å². The zero-order valence-electron chi connectivity index (χ0n) is 35.1. The number of hydrogen-bond donors (Lipinski definition) is 2. The molecule has 55 heavy (non-hydrogen) atoms. The molecule has 2 N–H and O–H groups in total. The molecule has 1 heterocycles. The lowest BCUT2D eigenvalue weighted by Gasteiger charge is -2.72. The zero-order chi connectivity index (χ0) is 40.0. The number of carbonyl (C=O) groups is 2. The predicted molar refractivity (Wildman–Crippen MR) is 218 cm³/mol. The number of carboxylic acid groups (broad SMARTS) is 1. The largest absolute Gasteiger partial charge is 0.481 e. The van der Waals surface area contributed by atoms with E-state index in [1.165, 1.54) is 74.3 Å². The molecule has 0 spiro atoms. The molecule has 4 saturated carbocycles. The fourth-order valence-electron chi connectivity index (χ4n) is 15.3. The van der Waals surface area contributed by atoms with Gasteiger partial charge in [0.15, 0.2) is 0 Å².